The fraction of sp³-hybridized carbons (Fsp3) is 0.481. The molecule has 0 amide bonds. The van der Waals surface area contributed by atoms with Gasteiger partial charge in [0.1, 0.15) is 8.07 Å². The number of benzene rings is 2. The number of pyridine rings is 1. The Kier molecular flexibility index (Phi) is 13.8. The summed E-state index contributed by atoms with van der Waals surface area (Å²) < 4.78 is 0. The fourth-order valence-corrected chi connectivity index (χ4v) is 12.3. The first-order chi connectivity index (χ1) is 24.8. The van der Waals surface area contributed by atoms with E-state index in [4.69, 9.17) is 4.98 Å². The molecule has 0 aliphatic heterocycles. The molecule has 1 heterocycles. The van der Waals surface area contributed by atoms with E-state index in [1.165, 1.54) is 22.3 Å². The zero-order chi connectivity index (χ0) is 40.9. The largest absolute Gasteiger partial charge is 0.263 e. The van der Waals surface area contributed by atoms with Crippen molar-refractivity contribution in [1.82, 2.24) is 4.98 Å². The SMILES string of the molecule is CC(C)[Si](C#CC#CC#CC#CC#Cc1c(-c2cc(C(C)(C)C)cc(C(C)(C)C)c2)cncc1-c1cc(C(C)(C)C)cc(C(C)(C)C)c1)(C(C)C)C(C)C. The lowest BCUT2D eigenvalue weighted by Gasteiger charge is -2.37. The van der Waals surface area contributed by atoms with Crippen molar-refractivity contribution in [1.29, 1.82) is 0 Å². The molecule has 54 heavy (non-hydrogen) atoms. The molecule has 3 rings (SSSR count). The Hall–Kier alpha value is -4.39. The minimum Gasteiger partial charge on any atom is -0.263 e. The molecule has 1 nitrogen and oxygen atoms in total. The summed E-state index contributed by atoms with van der Waals surface area (Å²) in [7, 11) is -1.82. The van der Waals surface area contributed by atoms with Crippen LogP contribution in [0, 0.1) is 58.8 Å². The van der Waals surface area contributed by atoms with Gasteiger partial charge in [0.25, 0.3) is 0 Å². The average Bonchev–Trinajstić information content (AvgIpc) is 3.04. The summed E-state index contributed by atoms with van der Waals surface area (Å²) in [5.74, 6) is 27.3. The monoisotopic (exact) mass is 731 g/mol. The van der Waals surface area contributed by atoms with Gasteiger partial charge in [-0.1, -0.05) is 167 Å². The Bertz CT molecular complexity index is 1980. The molecule has 0 fully saturated rings. The minimum absolute atomic E-state index is 0.0312. The van der Waals surface area contributed by atoms with Gasteiger partial charge in [0.2, 0.25) is 0 Å². The highest BCUT2D eigenvalue weighted by molar-refractivity contribution is 6.90. The number of hydrogen-bond acceptors (Lipinski definition) is 1. The van der Waals surface area contributed by atoms with Crippen LogP contribution in [0.5, 0.6) is 0 Å². The third kappa shape index (κ3) is 10.9. The van der Waals surface area contributed by atoms with Gasteiger partial charge in [0, 0.05) is 29.1 Å². The predicted octanol–water partition coefficient (Wildman–Crippen LogP) is 13.2. The molecule has 2 aromatic carbocycles. The summed E-state index contributed by atoms with van der Waals surface area (Å²) in [5.41, 5.74) is 15.4. The summed E-state index contributed by atoms with van der Waals surface area (Å²) in [4.78, 5) is 4.85. The molecular formula is C52H65NSi. The third-order valence-electron chi connectivity index (χ3n) is 10.7. The van der Waals surface area contributed by atoms with Crippen molar-refractivity contribution in [2.24, 2.45) is 0 Å². The predicted molar refractivity (Wildman–Crippen MR) is 239 cm³/mol. The van der Waals surface area contributed by atoms with E-state index < -0.39 is 8.07 Å². The molecule has 3 aromatic rings. The molecule has 0 atom stereocenters. The molecule has 0 aliphatic carbocycles. The lowest BCUT2D eigenvalue weighted by atomic mass is 9.77. The zero-order valence-electron chi connectivity index (χ0n) is 36.8. The minimum atomic E-state index is -1.82. The van der Waals surface area contributed by atoms with Crippen LogP contribution in [0.25, 0.3) is 22.3 Å². The van der Waals surface area contributed by atoms with E-state index in [1.807, 2.05) is 12.4 Å². The van der Waals surface area contributed by atoms with Crippen molar-refractivity contribution < 1.29 is 0 Å². The van der Waals surface area contributed by atoms with Gasteiger partial charge in [-0.25, -0.2) is 0 Å². The van der Waals surface area contributed by atoms with E-state index in [0.29, 0.717) is 16.6 Å². The van der Waals surface area contributed by atoms with Crippen LogP contribution in [0.15, 0.2) is 48.8 Å². The van der Waals surface area contributed by atoms with Gasteiger partial charge in [-0.2, -0.15) is 0 Å². The second-order valence-electron chi connectivity index (χ2n) is 19.9. The Morgan fingerprint density at radius 1 is 0.426 bits per heavy atom. The Morgan fingerprint density at radius 2 is 0.722 bits per heavy atom. The smallest absolute Gasteiger partial charge is 0.147 e. The van der Waals surface area contributed by atoms with Crippen molar-refractivity contribution in [3.63, 3.8) is 0 Å². The quantitative estimate of drug-likeness (QED) is 0.188. The fourth-order valence-electron chi connectivity index (χ4n) is 7.18. The Morgan fingerprint density at radius 3 is 1.02 bits per heavy atom. The normalized spacial score (nSPS) is 12.0. The van der Waals surface area contributed by atoms with E-state index in [-0.39, 0.29) is 21.7 Å². The van der Waals surface area contributed by atoms with Crippen LogP contribution in [0.1, 0.15) is 152 Å². The van der Waals surface area contributed by atoms with Gasteiger partial charge < -0.3 is 0 Å². The maximum Gasteiger partial charge on any atom is 0.147 e. The lowest BCUT2D eigenvalue weighted by molar-refractivity contribution is 0.568. The van der Waals surface area contributed by atoms with Crippen LogP contribution >= 0.6 is 0 Å². The summed E-state index contributed by atoms with van der Waals surface area (Å²) in [6, 6.07) is 13.9. The van der Waals surface area contributed by atoms with Crippen LogP contribution in [-0.2, 0) is 21.7 Å². The van der Waals surface area contributed by atoms with E-state index >= 15 is 0 Å². The van der Waals surface area contributed by atoms with Gasteiger partial charge >= 0.3 is 0 Å². The standard InChI is InChI=1S/C52H65NSi/c1-37(2)54(38(3)4,39(5)6)28-26-24-22-20-19-21-23-25-27-46-47(40-29-42(49(7,8)9)33-43(30-40)50(10,11)12)35-53-36-48(46)41-31-44(51(13,14)15)34-45(32-41)52(16,17)18/h29-39H,1-18H3. The molecule has 1 aromatic heterocycles. The highest BCUT2D eigenvalue weighted by atomic mass is 28.3. The van der Waals surface area contributed by atoms with Gasteiger partial charge in [0.05, 0.1) is 0 Å². The Balaban J connectivity index is 2.27. The van der Waals surface area contributed by atoms with Crippen molar-refractivity contribution in [3.05, 3.63) is 76.6 Å². The van der Waals surface area contributed by atoms with Crippen LogP contribution in [0.3, 0.4) is 0 Å². The molecule has 0 N–H and O–H groups in total. The molecule has 282 valence electrons. The van der Waals surface area contributed by atoms with Crippen molar-refractivity contribution in [2.75, 3.05) is 0 Å². The average molecular weight is 732 g/mol. The number of hydrogen-bond donors (Lipinski definition) is 0. The van der Waals surface area contributed by atoms with Gasteiger partial charge in [0.15, 0.2) is 0 Å². The second kappa shape index (κ2) is 17.0. The van der Waals surface area contributed by atoms with Crippen molar-refractivity contribution in [2.45, 2.75) is 163 Å². The molecule has 0 bridgehead atoms. The summed E-state index contributed by atoms with van der Waals surface area (Å²) in [5, 5.41) is 0. The van der Waals surface area contributed by atoms with Crippen molar-refractivity contribution in [3.8, 4) is 81.1 Å². The molecular weight excluding hydrogens is 667 g/mol. The van der Waals surface area contributed by atoms with Crippen LogP contribution in [0.2, 0.25) is 16.6 Å². The molecule has 0 aliphatic rings. The zero-order valence-corrected chi connectivity index (χ0v) is 37.8. The molecule has 2 heteroatoms. The molecule has 0 unspecified atom stereocenters. The first-order valence-corrected chi connectivity index (χ1v) is 21.9. The summed E-state index contributed by atoms with van der Waals surface area (Å²) >= 11 is 0. The van der Waals surface area contributed by atoms with E-state index in [1.54, 1.807) is 0 Å². The van der Waals surface area contributed by atoms with Gasteiger partial charge in [-0.05, 0) is 119 Å². The van der Waals surface area contributed by atoms with E-state index in [0.717, 1.165) is 27.8 Å². The summed E-state index contributed by atoms with van der Waals surface area (Å²) in [6.45, 7) is 41.1. The van der Waals surface area contributed by atoms with Crippen LogP contribution in [-0.4, -0.2) is 13.1 Å². The first kappa shape index (κ1) is 44.0. The second-order valence-corrected chi connectivity index (χ2v) is 25.4. The molecule has 0 saturated heterocycles. The maximum atomic E-state index is 4.85. The topological polar surface area (TPSA) is 12.9 Å². The number of aromatic nitrogens is 1. The van der Waals surface area contributed by atoms with E-state index in [2.05, 4.69) is 220 Å². The van der Waals surface area contributed by atoms with Gasteiger partial charge in [-0.3, -0.25) is 4.98 Å². The van der Waals surface area contributed by atoms with Crippen molar-refractivity contribution >= 4 is 8.07 Å². The van der Waals surface area contributed by atoms with Gasteiger partial charge in [-0.15, -0.1) is 5.54 Å². The molecule has 0 saturated carbocycles. The third-order valence-corrected chi connectivity index (χ3v) is 17.0. The number of rotatable bonds is 5. The molecule has 0 spiro atoms. The lowest BCUT2D eigenvalue weighted by Crippen LogP contribution is -2.43. The van der Waals surface area contributed by atoms with Crippen LogP contribution < -0.4 is 0 Å². The molecule has 0 radical (unpaired) electrons. The number of nitrogens with zero attached hydrogens (tertiary/aromatic N) is 1. The first-order valence-electron chi connectivity index (χ1n) is 19.6. The highest BCUT2D eigenvalue weighted by Crippen LogP contribution is 2.41. The Labute approximate surface area is 332 Å². The summed E-state index contributed by atoms with van der Waals surface area (Å²) in [6.07, 6.45) is 3.92. The van der Waals surface area contributed by atoms with Crippen LogP contribution in [0.4, 0.5) is 0 Å². The van der Waals surface area contributed by atoms with E-state index in [9.17, 15) is 0 Å². The maximum absolute atomic E-state index is 4.85. The highest BCUT2D eigenvalue weighted by Gasteiger charge is 2.41.